The molecule has 0 aliphatic heterocycles. The van der Waals surface area contributed by atoms with Crippen molar-refractivity contribution in [2.45, 2.75) is 51.0 Å². The Labute approximate surface area is 113 Å². The Morgan fingerprint density at radius 3 is 2.63 bits per heavy atom. The third-order valence-corrected chi connectivity index (χ3v) is 3.72. The molecule has 0 atom stereocenters. The van der Waals surface area contributed by atoms with Crippen molar-refractivity contribution in [2.24, 2.45) is 5.73 Å². The van der Waals surface area contributed by atoms with E-state index in [1.54, 1.807) is 0 Å². The van der Waals surface area contributed by atoms with Crippen molar-refractivity contribution in [3.8, 4) is 0 Å². The van der Waals surface area contributed by atoms with E-state index >= 15 is 0 Å². The van der Waals surface area contributed by atoms with Gasteiger partial charge in [0.1, 0.15) is 0 Å². The molecule has 0 bridgehead atoms. The van der Waals surface area contributed by atoms with Gasteiger partial charge in [-0.05, 0) is 19.4 Å². The Bertz CT molecular complexity index is 422. The fourth-order valence-electron chi connectivity index (χ4n) is 2.73. The second-order valence-electron chi connectivity index (χ2n) is 5.00. The summed E-state index contributed by atoms with van der Waals surface area (Å²) >= 11 is 0. The summed E-state index contributed by atoms with van der Waals surface area (Å²) < 4.78 is 6.66. The van der Waals surface area contributed by atoms with E-state index in [1.807, 2.05) is 4.68 Å². The van der Waals surface area contributed by atoms with Crippen LogP contribution in [0.1, 0.15) is 60.7 Å². The van der Waals surface area contributed by atoms with Crippen molar-refractivity contribution < 1.29 is 9.53 Å². The normalized spacial score (nSPS) is 17.2. The maximum atomic E-state index is 11.7. The Morgan fingerprint density at radius 1 is 1.37 bits per heavy atom. The molecule has 1 aliphatic carbocycles. The molecule has 0 saturated heterocycles. The van der Waals surface area contributed by atoms with Gasteiger partial charge in [-0.2, -0.15) is 0 Å². The number of rotatable bonds is 4. The monoisotopic (exact) mass is 266 g/mol. The predicted molar refractivity (Wildman–Crippen MR) is 70.9 cm³/mol. The summed E-state index contributed by atoms with van der Waals surface area (Å²) in [5.74, 6) is -0.427. The molecule has 106 valence electrons. The van der Waals surface area contributed by atoms with E-state index in [0.717, 1.165) is 18.5 Å². The predicted octanol–water partition coefficient (Wildman–Crippen LogP) is 1.46. The van der Waals surface area contributed by atoms with Gasteiger partial charge in [0.05, 0.1) is 18.8 Å². The minimum absolute atomic E-state index is 0.317. The molecule has 6 heteroatoms. The van der Waals surface area contributed by atoms with Gasteiger partial charge in [-0.15, -0.1) is 5.10 Å². The van der Waals surface area contributed by atoms with Crippen molar-refractivity contribution in [1.29, 1.82) is 0 Å². The van der Waals surface area contributed by atoms with Gasteiger partial charge >= 0.3 is 5.97 Å². The topological polar surface area (TPSA) is 83.0 Å². The molecule has 6 nitrogen and oxygen atoms in total. The molecule has 0 aromatic carbocycles. The number of aromatic nitrogens is 3. The van der Waals surface area contributed by atoms with Gasteiger partial charge in [-0.3, -0.25) is 0 Å². The number of ether oxygens (including phenoxy) is 1. The third-order valence-electron chi connectivity index (χ3n) is 3.72. The molecule has 1 aromatic heterocycles. The van der Waals surface area contributed by atoms with Crippen LogP contribution in [0.15, 0.2) is 0 Å². The smallest absolute Gasteiger partial charge is 0.360 e. The molecule has 1 aromatic rings. The first-order valence-corrected chi connectivity index (χ1v) is 7.00. The average Bonchev–Trinajstić information content (AvgIpc) is 2.66. The van der Waals surface area contributed by atoms with Gasteiger partial charge in [-0.1, -0.05) is 30.9 Å². The minimum Gasteiger partial charge on any atom is -0.464 e. The second-order valence-corrected chi connectivity index (χ2v) is 5.00. The highest BCUT2D eigenvalue weighted by Gasteiger charge is 2.24. The molecule has 0 unspecified atom stereocenters. The Hall–Kier alpha value is -1.43. The van der Waals surface area contributed by atoms with Crippen LogP contribution in [0.5, 0.6) is 0 Å². The van der Waals surface area contributed by atoms with Crippen LogP contribution in [0.4, 0.5) is 0 Å². The van der Waals surface area contributed by atoms with E-state index in [-0.39, 0.29) is 0 Å². The number of nitrogens with two attached hydrogens (primary N) is 1. The van der Waals surface area contributed by atoms with E-state index in [9.17, 15) is 4.79 Å². The van der Waals surface area contributed by atoms with E-state index in [0.29, 0.717) is 24.7 Å². The maximum Gasteiger partial charge on any atom is 0.360 e. The molecule has 19 heavy (non-hydrogen) atoms. The molecule has 1 saturated carbocycles. The first-order valence-electron chi connectivity index (χ1n) is 7.00. The van der Waals surface area contributed by atoms with E-state index in [1.165, 1.54) is 32.8 Å². The summed E-state index contributed by atoms with van der Waals surface area (Å²) in [5, 5.41) is 8.17. The maximum absolute atomic E-state index is 11.7. The zero-order valence-corrected chi connectivity index (χ0v) is 11.5. The zero-order chi connectivity index (χ0) is 13.7. The Morgan fingerprint density at radius 2 is 2.05 bits per heavy atom. The van der Waals surface area contributed by atoms with Crippen molar-refractivity contribution in [3.63, 3.8) is 0 Å². The summed E-state index contributed by atoms with van der Waals surface area (Å²) in [4.78, 5) is 11.7. The molecule has 0 spiro atoms. The highest BCUT2D eigenvalue weighted by atomic mass is 16.5. The lowest BCUT2D eigenvalue weighted by atomic mass is 10.1. The molecule has 2 N–H and O–H groups in total. The van der Waals surface area contributed by atoms with Gasteiger partial charge in [0.15, 0.2) is 5.69 Å². The van der Waals surface area contributed by atoms with Gasteiger partial charge in [0, 0.05) is 6.42 Å². The number of hydrogen-bond acceptors (Lipinski definition) is 5. The van der Waals surface area contributed by atoms with Crippen LogP contribution in [-0.2, 0) is 11.2 Å². The number of carbonyl (C=O) groups excluding carboxylic acids is 1. The van der Waals surface area contributed by atoms with Crippen molar-refractivity contribution in [3.05, 3.63) is 11.4 Å². The Kier molecular flexibility index (Phi) is 4.90. The molecule has 2 rings (SSSR count). The summed E-state index contributed by atoms with van der Waals surface area (Å²) in [6.45, 7) is 0.476. The van der Waals surface area contributed by atoms with Gasteiger partial charge in [-0.25, -0.2) is 9.48 Å². The largest absolute Gasteiger partial charge is 0.464 e. The molecular weight excluding hydrogens is 244 g/mol. The summed E-state index contributed by atoms with van der Waals surface area (Å²) in [5.41, 5.74) is 6.78. The summed E-state index contributed by atoms with van der Waals surface area (Å²) in [6.07, 6.45) is 7.78. The van der Waals surface area contributed by atoms with Crippen LogP contribution in [-0.4, -0.2) is 34.6 Å². The van der Waals surface area contributed by atoms with Gasteiger partial charge in [0.2, 0.25) is 0 Å². The second kappa shape index (κ2) is 6.65. The van der Waals surface area contributed by atoms with Gasteiger partial charge < -0.3 is 10.5 Å². The average molecular weight is 266 g/mol. The SMILES string of the molecule is COC(=O)c1nnn(C2CCCCCC2)c1CCN. The fourth-order valence-corrected chi connectivity index (χ4v) is 2.73. The first-order chi connectivity index (χ1) is 9.27. The minimum atomic E-state index is -0.427. The summed E-state index contributed by atoms with van der Waals surface area (Å²) in [6, 6.07) is 0.343. The van der Waals surface area contributed by atoms with E-state index in [4.69, 9.17) is 10.5 Å². The van der Waals surface area contributed by atoms with E-state index in [2.05, 4.69) is 10.3 Å². The lowest BCUT2D eigenvalue weighted by molar-refractivity contribution is 0.0592. The van der Waals surface area contributed by atoms with Crippen molar-refractivity contribution in [1.82, 2.24) is 15.0 Å². The molecule has 1 fully saturated rings. The molecule has 1 aliphatic rings. The number of hydrogen-bond donors (Lipinski definition) is 1. The lowest BCUT2D eigenvalue weighted by Gasteiger charge is -2.17. The van der Waals surface area contributed by atoms with Crippen LogP contribution in [0.25, 0.3) is 0 Å². The number of esters is 1. The number of methoxy groups -OCH3 is 1. The lowest BCUT2D eigenvalue weighted by Crippen LogP contribution is -2.18. The van der Waals surface area contributed by atoms with Crippen LogP contribution in [0.2, 0.25) is 0 Å². The molecular formula is C13H22N4O2. The highest BCUT2D eigenvalue weighted by molar-refractivity contribution is 5.88. The highest BCUT2D eigenvalue weighted by Crippen LogP contribution is 2.28. The zero-order valence-electron chi connectivity index (χ0n) is 11.5. The fraction of sp³-hybridized carbons (Fsp3) is 0.769. The molecule has 1 heterocycles. The summed E-state index contributed by atoms with van der Waals surface area (Å²) in [7, 11) is 1.36. The standard InChI is InChI=1S/C13H22N4O2/c1-19-13(18)12-11(8-9-14)17(16-15-12)10-6-4-2-3-5-7-10/h10H,2-9,14H2,1H3. The first kappa shape index (κ1) is 14.0. The van der Waals surface area contributed by atoms with Crippen molar-refractivity contribution in [2.75, 3.05) is 13.7 Å². The van der Waals surface area contributed by atoms with Crippen LogP contribution >= 0.6 is 0 Å². The van der Waals surface area contributed by atoms with Crippen LogP contribution in [0, 0.1) is 0 Å². The number of nitrogens with zero attached hydrogens (tertiary/aromatic N) is 3. The Balaban J connectivity index is 2.27. The van der Waals surface area contributed by atoms with Crippen LogP contribution in [0.3, 0.4) is 0 Å². The molecule has 0 amide bonds. The van der Waals surface area contributed by atoms with Gasteiger partial charge in [0.25, 0.3) is 0 Å². The van der Waals surface area contributed by atoms with Crippen molar-refractivity contribution >= 4 is 5.97 Å². The van der Waals surface area contributed by atoms with Crippen LogP contribution < -0.4 is 5.73 Å². The van der Waals surface area contributed by atoms with E-state index < -0.39 is 5.97 Å². The number of carbonyl (C=O) groups is 1. The third kappa shape index (κ3) is 3.12. The molecule has 0 radical (unpaired) electrons. The quantitative estimate of drug-likeness (QED) is 0.659.